The first-order valence-corrected chi connectivity index (χ1v) is 7.91. The second-order valence-corrected chi connectivity index (χ2v) is 5.29. The van der Waals surface area contributed by atoms with Gasteiger partial charge >= 0.3 is 12.1 Å². The Morgan fingerprint density at radius 1 is 1.16 bits per heavy atom. The number of hydrogen-bond donors (Lipinski definition) is 5. The van der Waals surface area contributed by atoms with Gasteiger partial charge in [-0.25, -0.2) is 9.59 Å². The van der Waals surface area contributed by atoms with Crippen LogP contribution in [0.5, 0.6) is 0 Å². The zero-order valence-electron chi connectivity index (χ0n) is 14.4. The molecule has 0 spiro atoms. The van der Waals surface area contributed by atoms with Crippen molar-refractivity contribution in [2.45, 2.75) is 25.5 Å². The summed E-state index contributed by atoms with van der Waals surface area (Å²) in [5.74, 6) is -0.170. The molecule has 25 heavy (non-hydrogen) atoms. The smallest absolute Gasteiger partial charge is 0.407 e. The average Bonchev–Trinajstić information content (AvgIpc) is 2.60. The van der Waals surface area contributed by atoms with Gasteiger partial charge in [-0.2, -0.15) is 0 Å². The highest BCUT2D eigenvalue weighted by Gasteiger charge is 2.16. The van der Waals surface area contributed by atoms with Crippen LogP contribution < -0.4 is 27.0 Å². The van der Waals surface area contributed by atoms with Crippen molar-refractivity contribution < 1.29 is 19.1 Å². The Labute approximate surface area is 146 Å². The van der Waals surface area contributed by atoms with Crippen molar-refractivity contribution in [2.75, 3.05) is 26.0 Å². The normalized spacial score (nSPS) is 11.3. The number of carbonyl (C=O) groups excluding carboxylic acids is 3. The third-order valence-corrected chi connectivity index (χ3v) is 3.43. The number of hydrogen-bond acceptors (Lipinski definition) is 5. The number of nitrogens with two attached hydrogens (primary N) is 1. The van der Waals surface area contributed by atoms with Crippen LogP contribution in [0.25, 0.3) is 0 Å². The molecule has 1 aromatic carbocycles. The maximum absolute atomic E-state index is 12.2. The summed E-state index contributed by atoms with van der Waals surface area (Å²) in [4.78, 5) is 33.9. The number of carbonyl (C=O) groups is 3. The quantitative estimate of drug-likeness (QED) is 0.413. The van der Waals surface area contributed by atoms with Crippen molar-refractivity contribution in [3.05, 3.63) is 29.8 Å². The minimum absolute atomic E-state index is 0.153. The van der Waals surface area contributed by atoms with Gasteiger partial charge in [-0.05, 0) is 37.6 Å². The largest absolute Gasteiger partial charge is 0.445 e. The summed E-state index contributed by atoms with van der Waals surface area (Å²) in [5.41, 5.74) is 6.44. The molecule has 0 bridgehead atoms. The van der Waals surface area contributed by atoms with Crippen molar-refractivity contribution in [1.29, 1.82) is 0 Å². The summed E-state index contributed by atoms with van der Waals surface area (Å²) >= 11 is 0. The van der Waals surface area contributed by atoms with Crippen LogP contribution in [0, 0.1) is 0 Å². The molecule has 9 heteroatoms. The lowest BCUT2D eigenvalue weighted by Crippen LogP contribution is -2.39. The molecule has 0 fully saturated rings. The molecule has 0 unspecified atom stereocenters. The Morgan fingerprint density at radius 2 is 1.84 bits per heavy atom. The van der Waals surface area contributed by atoms with E-state index >= 15 is 0 Å². The van der Waals surface area contributed by atoms with Gasteiger partial charge in [0.25, 0.3) is 0 Å². The van der Waals surface area contributed by atoms with Crippen molar-refractivity contribution in [2.24, 2.45) is 5.73 Å². The number of rotatable bonds is 9. The Hall–Kier alpha value is -2.81. The van der Waals surface area contributed by atoms with Gasteiger partial charge in [-0.3, -0.25) is 4.79 Å². The molecule has 0 aliphatic rings. The number of anilines is 1. The lowest BCUT2D eigenvalue weighted by atomic mass is 10.1. The fourth-order valence-corrected chi connectivity index (χ4v) is 2.06. The van der Waals surface area contributed by atoms with Crippen LogP contribution in [0.15, 0.2) is 24.3 Å². The van der Waals surface area contributed by atoms with Gasteiger partial charge in [0.05, 0.1) is 6.04 Å². The number of urea groups is 1. The fourth-order valence-electron chi connectivity index (χ4n) is 2.06. The third kappa shape index (κ3) is 8.02. The van der Waals surface area contributed by atoms with Gasteiger partial charge in [0, 0.05) is 19.3 Å². The average molecular weight is 351 g/mol. The molecule has 6 N–H and O–H groups in total. The van der Waals surface area contributed by atoms with Crippen molar-refractivity contribution in [3.63, 3.8) is 0 Å². The molecular formula is C16H25N5O4. The van der Waals surface area contributed by atoms with Crippen LogP contribution in [0.4, 0.5) is 15.3 Å². The van der Waals surface area contributed by atoms with Crippen LogP contribution in [0.2, 0.25) is 0 Å². The summed E-state index contributed by atoms with van der Waals surface area (Å²) in [6.07, 6.45) is 0.679. The Balaban J connectivity index is 2.45. The van der Waals surface area contributed by atoms with Gasteiger partial charge < -0.3 is 31.7 Å². The molecule has 0 aliphatic carbocycles. The van der Waals surface area contributed by atoms with Crippen LogP contribution in [0.1, 0.15) is 18.4 Å². The standard InChI is InChI=1S/C16H25N5O4/c1-18-13(4-3-9-20-15(17)23)14(22)21-12-7-5-11(6-8-12)10-25-16(24)19-2/h5-8,13,18H,3-4,9-10H2,1-2H3,(H,19,24)(H,21,22)(H3,17,20,23)/t13-/m0/s1. The molecule has 0 aliphatic heterocycles. The molecule has 0 saturated heterocycles. The van der Waals surface area contributed by atoms with E-state index in [0.717, 1.165) is 5.56 Å². The predicted octanol–water partition coefficient (Wildman–Crippen LogP) is 0.518. The number of amides is 4. The second-order valence-electron chi connectivity index (χ2n) is 5.29. The number of primary amides is 1. The van der Waals surface area contributed by atoms with Crippen LogP contribution in [0.3, 0.4) is 0 Å². The molecule has 0 radical (unpaired) electrons. The van der Waals surface area contributed by atoms with Crippen molar-refractivity contribution in [3.8, 4) is 0 Å². The second kappa shape index (κ2) is 10.9. The highest BCUT2D eigenvalue weighted by atomic mass is 16.5. The van der Waals surface area contributed by atoms with E-state index in [0.29, 0.717) is 25.1 Å². The molecule has 1 rings (SSSR count). The summed E-state index contributed by atoms with van der Waals surface area (Å²) in [7, 11) is 3.19. The van der Waals surface area contributed by atoms with Crippen LogP contribution >= 0.6 is 0 Å². The minimum atomic E-state index is -0.578. The summed E-state index contributed by atoms with van der Waals surface area (Å²) in [6.45, 7) is 0.570. The molecule has 138 valence electrons. The molecule has 0 heterocycles. The number of benzene rings is 1. The van der Waals surface area contributed by atoms with Crippen LogP contribution in [-0.2, 0) is 16.1 Å². The van der Waals surface area contributed by atoms with Crippen molar-refractivity contribution >= 4 is 23.7 Å². The Morgan fingerprint density at radius 3 is 2.40 bits per heavy atom. The molecular weight excluding hydrogens is 326 g/mol. The Kier molecular flexibility index (Phi) is 8.80. The van der Waals surface area contributed by atoms with E-state index < -0.39 is 12.1 Å². The predicted molar refractivity (Wildman–Crippen MR) is 94.0 cm³/mol. The van der Waals surface area contributed by atoms with Gasteiger partial charge in [-0.15, -0.1) is 0 Å². The number of likely N-dealkylation sites (N-methyl/N-ethyl adjacent to an activating group) is 1. The van der Waals surface area contributed by atoms with E-state index in [9.17, 15) is 14.4 Å². The summed E-state index contributed by atoms with van der Waals surface area (Å²) < 4.78 is 4.94. The number of ether oxygens (including phenoxy) is 1. The van der Waals surface area contributed by atoms with E-state index in [4.69, 9.17) is 10.5 Å². The SMILES string of the molecule is CNC(=O)OCc1ccc(NC(=O)[C@H](CCCNC(N)=O)NC)cc1. The summed E-state index contributed by atoms with van der Waals surface area (Å²) in [5, 5.41) is 10.6. The molecule has 9 nitrogen and oxygen atoms in total. The zero-order valence-corrected chi connectivity index (χ0v) is 14.4. The highest BCUT2D eigenvalue weighted by Crippen LogP contribution is 2.11. The maximum Gasteiger partial charge on any atom is 0.407 e. The topological polar surface area (TPSA) is 135 Å². The van der Waals surface area contributed by atoms with E-state index in [2.05, 4.69) is 21.3 Å². The molecule has 4 amide bonds. The highest BCUT2D eigenvalue weighted by molar-refractivity contribution is 5.94. The first kappa shape index (κ1) is 20.2. The van der Waals surface area contributed by atoms with E-state index in [1.807, 2.05) is 0 Å². The third-order valence-electron chi connectivity index (χ3n) is 3.43. The van der Waals surface area contributed by atoms with Gasteiger partial charge in [-0.1, -0.05) is 12.1 Å². The number of nitrogens with one attached hydrogen (secondary N) is 4. The monoisotopic (exact) mass is 351 g/mol. The fraction of sp³-hybridized carbons (Fsp3) is 0.438. The zero-order chi connectivity index (χ0) is 18.7. The molecule has 1 atom stereocenters. The lowest BCUT2D eigenvalue weighted by molar-refractivity contribution is -0.118. The molecule has 0 aromatic heterocycles. The first-order valence-electron chi connectivity index (χ1n) is 7.91. The number of alkyl carbamates (subject to hydrolysis) is 1. The lowest BCUT2D eigenvalue weighted by Gasteiger charge is -2.16. The maximum atomic E-state index is 12.2. The first-order chi connectivity index (χ1) is 12.0. The minimum Gasteiger partial charge on any atom is -0.445 e. The summed E-state index contributed by atoms with van der Waals surface area (Å²) in [6, 6.07) is 6.05. The van der Waals surface area contributed by atoms with E-state index in [1.54, 1.807) is 31.3 Å². The van der Waals surface area contributed by atoms with E-state index in [1.165, 1.54) is 7.05 Å². The van der Waals surface area contributed by atoms with Gasteiger partial charge in [0.15, 0.2) is 0 Å². The molecule has 1 aromatic rings. The van der Waals surface area contributed by atoms with E-state index in [-0.39, 0.29) is 18.6 Å². The Bertz CT molecular complexity index is 576. The van der Waals surface area contributed by atoms with Gasteiger partial charge in [0.2, 0.25) is 5.91 Å². The van der Waals surface area contributed by atoms with Crippen LogP contribution in [-0.4, -0.2) is 44.7 Å². The molecule has 0 saturated carbocycles. The van der Waals surface area contributed by atoms with Crippen molar-refractivity contribution in [1.82, 2.24) is 16.0 Å². The van der Waals surface area contributed by atoms with Gasteiger partial charge in [0.1, 0.15) is 6.61 Å².